The lowest BCUT2D eigenvalue weighted by Gasteiger charge is -2.46. The summed E-state index contributed by atoms with van der Waals surface area (Å²) in [6, 6.07) is 27.9. The minimum Gasteiger partial charge on any atom is -0.497 e. The second-order valence-electron chi connectivity index (χ2n) is 8.90. The van der Waals surface area contributed by atoms with Crippen LogP contribution in [0.1, 0.15) is 39.6 Å². The van der Waals surface area contributed by atoms with Crippen LogP contribution in [-0.4, -0.2) is 11.7 Å². The molecule has 4 aromatic rings. The van der Waals surface area contributed by atoms with Crippen molar-refractivity contribution < 1.29 is 14.2 Å². The third-order valence-corrected chi connectivity index (χ3v) is 6.83. The van der Waals surface area contributed by atoms with E-state index in [0.717, 1.165) is 33.7 Å². The number of nitrogens with zero attached hydrogens (tertiary/aromatic N) is 1. The molecule has 0 radical (unpaired) electrons. The number of rotatable bonds is 4. The first-order valence-corrected chi connectivity index (χ1v) is 11.5. The van der Waals surface area contributed by atoms with Gasteiger partial charge in [0, 0.05) is 23.7 Å². The maximum absolute atomic E-state index is 13.9. The van der Waals surface area contributed by atoms with Crippen LogP contribution in [-0.2, 0) is 23.5 Å². The number of aryl methyl sites for hydroxylation is 1. The van der Waals surface area contributed by atoms with Gasteiger partial charge in [-0.25, -0.2) is 0 Å². The maximum Gasteiger partial charge on any atom is 0.261 e. The molecule has 0 N–H and O–H groups in total. The van der Waals surface area contributed by atoms with Crippen LogP contribution in [0, 0.1) is 6.92 Å². The Hall–Kier alpha value is -3.83. The number of hydrogen-bond acceptors (Lipinski definition) is 4. The largest absolute Gasteiger partial charge is 0.497 e. The number of benzene rings is 3. The van der Waals surface area contributed by atoms with E-state index in [-0.39, 0.29) is 5.56 Å². The lowest BCUT2D eigenvalue weighted by Crippen LogP contribution is -2.48. The Morgan fingerprint density at radius 1 is 1.00 bits per heavy atom. The van der Waals surface area contributed by atoms with Crippen molar-refractivity contribution in [1.82, 2.24) is 4.57 Å². The van der Waals surface area contributed by atoms with E-state index in [4.69, 9.17) is 14.2 Å². The molecule has 5 heteroatoms. The summed E-state index contributed by atoms with van der Waals surface area (Å²) < 4.78 is 20.4. The summed E-state index contributed by atoms with van der Waals surface area (Å²) in [4.78, 5) is 13.9. The zero-order chi connectivity index (χ0) is 23.3. The molecule has 1 aromatic heterocycles. The first-order chi connectivity index (χ1) is 16.6. The molecular weight excluding hydrogens is 426 g/mol. The smallest absolute Gasteiger partial charge is 0.261 e. The molecule has 6 rings (SSSR count). The molecule has 0 aliphatic carbocycles. The predicted octanol–water partition coefficient (Wildman–Crippen LogP) is 5.12. The Labute approximate surface area is 198 Å². The van der Waals surface area contributed by atoms with Crippen LogP contribution in [0.5, 0.6) is 11.5 Å². The molecule has 2 aliphatic heterocycles. The molecule has 3 heterocycles. The number of ether oxygens (including phenoxy) is 3. The molecule has 3 aromatic carbocycles. The maximum atomic E-state index is 13.9. The molecule has 2 atom stereocenters. The van der Waals surface area contributed by atoms with Crippen molar-refractivity contribution in [2.75, 3.05) is 7.11 Å². The molecule has 0 saturated carbocycles. The molecule has 1 unspecified atom stereocenters. The molecule has 0 fully saturated rings. The summed E-state index contributed by atoms with van der Waals surface area (Å²) in [6.45, 7) is 2.45. The highest BCUT2D eigenvalue weighted by Gasteiger charge is 2.50. The van der Waals surface area contributed by atoms with E-state index < -0.39 is 11.9 Å². The predicted molar refractivity (Wildman–Crippen MR) is 129 cm³/mol. The van der Waals surface area contributed by atoms with Gasteiger partial charge in [0.05, 0.1) is 19.2 Å². The van der Waals surface area contributed by atoms with E-state index in [1.54, 1.807) is 11.7 Å². The average Bonchev–Trinajstić information content (AvgIpc) is 2.87. The second-order valence-corrected chi connectivity index (χ2v) is 8.90. The van der Waals surface area contributed by atoms with Gasteiger partial charge in [0.2, 0.25) is 5.79 Å². The highest BCUT2D eigenvalue weighted by molar-refractivity contribution is 5.49. The molecule has 34 heavy (non-hydrogen) atoms. The van der Waals surface area contributed by atoms with Crippen LogP contribution in [0.2, 0.25) is 0 Å². The van der Waals surface area contributed by atoms with Crippen molar-refractivity contribution in [1.29, 1.82) is 0 Å². The molecule has 5 nitrogen and oxygen atoms in total. The van der Waals surface area contributed by atoms with E-state index >= 15 is 0 Å². The summed E-state index contributed by atoms with van der Waals surface area (Å²) in [5.74, 6) is 0.347. The summed E-state index contributed by atoms with van der Waals surface area (Å²) in [5.41, 5.74) is 5.43. The molecule has 2 bridgehead atoms. The Morgan fingerprint density at radius 2 is 1.74 bits per heavy atom. The zero-order valence-corrected chi connectivity index (χ0v) is 19.2. The van der Waals surface area contributed by atoms with Crippen LogP contribution in [0.25, 0.3) is 0 Å². The Bertz CT molecular complexity index is 1430. The van der Waals surface area contributed by atoms with Gasteiger partial charge in [-0.1, -0.05) is 54.6 Å². The summed E-state index contributed by atoms with van der Waals surface area (Å²) in [7, 11) is 1.65. The lowest BCUT2D eigenvalue weighted by molar-refractivity contribution is -0.237. The number of fused-ring (bicyclic) bond motifs is 6. The van der Waals surface area contributed by atoms with E-state index in [1.165, 1.54) is 0 Å². The SMILES string of the molecule is COc1ccc([C@]23Cc4ccccc4C(O2)c2c(cc(C)n(Cc4ccccc4)c2=O)O3)cc1. The summed E-state index contributed by atoms with van der Waals surface area (Å²) in [6.07, 6.45) is 0.0448. The molecule has 0 amide bonds. The Morgan fingerprint density at radius 3 is 2.50 bits per heavy atom. The van der Waals surface area contributed by atoms with Crippen molar-refractivity contribution in [3.8, 4) is 11.5 Å². The minimum atomic E-state index is -1.01. The van der Waals surface area contributed by atoms with Crippen molar-refractivity contribution in [3.05, 3.63) is 129 Å². The Kier molecular flexibility index (Phi) is 4.82. The van der Waals surface area contributed by atoms with Crippen molar-refractivity contribution >= 4 is 0 Å². The van der Waals surface area contributed by atoms with E-state index in [1.807, 2.05) is 85.8 Å². The lowest BCUT2D eigenvalue weighted by atomic mass is 9.84. The van der Waals surface area contributed by atoms with Crippen molar-refractivity contribution in [2.45, 2.75) is 31.8 Å². The zero-order valence-electron chi connectivity index (χ0n) is 19.2. The van der Waals surface area contributed by atoms with Gasteiger partial charge in [0.25, 0.3) is 5.56 Å². The molecule has 2 aliphatic rings. The highest BCUT2D eigenvalue weighted by atomic mass is 16.7. The third kappa shape index (κ3) is 3.24. The number of methoxy groups -OCH3 is 1. The van der Waals surface area contributed by atoms with Gasteiger partial charge >= 0.3 is 0 Å². The highest BCUT2D eigenvalue weighted by Crippen LogP contribution is 2.51. The van der Waals surface area contributed by atoms with Crippen LogP contribution >= 0.6 is 0 Å². The number of aromatic nitrogens is 1. The molecule has 170 valence electrons. The fraction of sp³-hybridized carbons (Fsp3) is 0.207. The van der Waals surface area contributed by atoms with Crippen LogP contribution in [0.15, 0.2) is 89.7 Å². The van der Waals surface area contributed by atoms with Gasteiger partial charge in [-0.3, -0.25) is 4.79 Å². The van der Waals surface area contributed by atoms with E-state index in [0.29, 0.717) is 24.3 Å². The Balaban J connectivity index is 1.53. The number of hydrogen-bond donors (Lipinski definition) is 0. The fourth-order valence-corrected chi connectivity index (χ4v) is 5.07. The average molecular weight is 452 g/mol. The van der Waals surface area contributed by atoms with Gasteiger partial charge in [0.15, 0.2) is 0 Å². The van der Waals surface area contributed by atoms with Crippen LogP contribution in [0.4, 0.5) is 0 Å². The normalized spacial score (nSPS) is 20.1. The van der Waals surface area contributed by atoms with Gasteiger partial charge < -0.3 is 18.8 Å². The number of pyridine rings is 1. The van der Waals surface area contributed by atoms with Crippen LogP contribution in [0.3, 0.4) is 0 Å². The first kappa shape index (κ1) is 20.8. The fourth-order valence-electron chi connectivity index (χ4n) is 5.07. The standard InChI is InChI=1S/C29H25NO4/c1-19-16-25-26(28(31)30(19)18-20-8-4-3-5-9-20)27-24-11-7-6-10-21(24)17-29(33-25,34-27)22-12-14-23(32-2)15-13-22/h3-16,27H,17-18H2,1-2H3/t27?,29-/m0/s1. The molecule has 0 spiro atoms. The van der Waals surface area contributed by atoms with Gasteiger partial charge in [-0.2, -0.15) is 0 Å². The topological polar surface area (TPSA) is 49.7 Å². The summed E-state index contributed by atoms with van der Waals surface area (Å²) >= 11 is 0. The summed E-state index contributed by atoms with van der Waals surface area (Å²) in [5, 5.41) is 0. The van der Waals surface area contributed by atoms with E-state index in [2.05, 4.69) is 6.07 Å². The minimum absolute atomic E-state index is 0.0797. The van der Waals surface area contributed by atoms with Gasteiger partial charge in [-0.05, 0) is 47.9 Å². The van der Waals surface area contributed by atoms with Crippen molar-refractivity contribution in [3.63, 3.8) is 0 Å². The van der Waals surface area contributed by atoms with Gasteiger partial charge in [-0.15, -0.1) is 0 Å². The van der Waals surface area contributed by atoms with Gasteiger partial charge in [0.1, 0.15) is 17.6 Å². The van der Waals surface area contributed by atoms with Crippen molar-refractivity contribution in [2.24, 2.45) is 0 Å². The molecule has 0 saturated heterocycles. The third-order valence-electron chi connectivity index (χ3n) is 6.83. The second kappa shape index (κ2) is 7.89. The van der Waals surface area contributed by atoms with E-state index in [9.17, 15) is 4.79 Å². The first-order valence-electron chi connectivity index (χ1n) is 11.5. The van der Waals surface area contributed by atoms with Crippen LogP contribution < -0.4 is 15.0 Å². The monoisotopic (exact) mass is 451 g/mol. The molecular formula is C29H25NO4. The quantitative estimate of drug-likeness (QED) is 0.432.